The number of aliphatic hydroxyl groups is 2. The summed E-state index contributed by atoms with van der Waals surface area (Å²) in [7, 11) is 0. The summed E-state index contributed by atoms with van der Waals surface area (Å²) >= 11 is 0. The van der Waals surface area contributed by atoms with Gasteiger partial charge in [-0.1, -0.05) is 13.3 Å². The van der Waals surface area contributed by atoms with E-state index in [1.807, 2.05) is 4.90 Å². The van der Waals surface area contributed by atoms with Gasteiger partial charge in [-0.3, -0.25) is 4.90 Å². The van der Waals surface area contributed by atoms with Gasteiger partial charge in [-0.05, 0) is 16.8 Å². The van der Waals surface area contributed by atoms with Crippen molar-refractivity contribution in [2.45, 2.75) is 45.1 Å². The van der Waals surface area contributed by atoms with Crippen molar-refractivity contribution in [2.24, 2.45) is 0 Å². The van der Waals surface area contributed by atoms with Crippen molar-refractivity contribution >= 4 is 0 Å². The van der Waals surface area contributed by atoms with Crippen LogP contribution in [-0.2, 0) is 13.1 Å². The first-order valence-corrected chi connectivity index (χ1v) is 6.04. The molecule has 0 aliphatic carbocycles. The monoisotopic (exact) mass is 241 g/mol. The first kappa shape index (κ1) is 12.4. The average Bonchev–Trinajstić information content (AvgIpc) is 2.85. The van der Waals surface area contributed by atoms with E-state index < -0.39 is 12.2 Å². The summed E-state index contributed by atoms with van der Waals surface area (Å²) in [6, 6.07) is 0. The number of likely N-dealkylation sites (tertiary alicyclic amines) is 1. The van der Waals surface area contributed by atoms with Crippen LogP contribution in [0.1, 0.15) is 25.6 Å². The molecule has 0 bridgehead atoms. The predicted octanol–water partition coefficient (Wildman–Crippen LogP) is -0.989. The summed E-state index contributed by atoms with van der Waals surface area (Å²) in [5.41, 5.74) is 0. The minimum Gasteiger partial charge on any atom is -0.389 e. The zero-order valence-electron chi connectivity index (χ0n) is 10.0. The van der Waals surface area contributed by atoms with Gasteiger partial charge in [-0.25, -0.2) is 4.68 Å². The molecule has 1 fully saturated rings. The molecular formula is C10H19N5O2. The van der Waals surface area contributed by atoms with E-state index >= 15 is 0 Å². The maximum atomic E-state index is 9.46. The first-order chi connectivity index (χ1) is 8.20. The van der Waals surface area contributed by atoms with E-state index in [1.165, 1.54) is 0 Å². The van der Waals surface area contributed by atoms with Gasteiger partial charge in [0.15, 0.2) is 5.82 Å². The second kappa shape index (κ2) is 5.52. The van der Waals surface area contributed by atoms with Crippen LogP contribution in [0.4, 0.5) is 0 Å². The lowest BCUT2D eigenvalue weighted by molar-refractivity contribution is 0.0572. The van der Waals surface area contributed by atoms with Gasteiger partial charge in [0, 0.05) is 19.6 Å². The number of nitrogens with zero attached hydrogens (tertiary/aromatic N) is 5. The van der Waals surface area contributed by atoms with E-state index in [-0.39, 0.29) is 0 Å². The molecule has 17 heavy (non-hydrogen) atoms. The second-order valence-corrected chi connectivity index (χ2v) is 4.50. The number of unbranched alkanes of at least 4 members (excludes halogenated alkanes) is 1. The van der Waals surface area contributed by atoms with Crippen LogP contribution in [0.5, 0.6) is 0 Å². The summed E-state index contributed by atoms with van der Waals surface area (Å²) in [4.78, 5) is 1.96. The van der Waals surface area contributed by atoms with Crippen molar-refractivity contribution in [3.8, 4) is 0 Å². The van der Waals surface area contributed by atoms with Gasteiger partial charge in [-0.15, -0.1) is 5.10 Å². The number of aryl methyl sites for hydroxylation is 1. The van der Waals surface area contributed by atoms with E-state index in [1.54, 1.807) is 4.68 Å². The van der Waals surface area contributed by atoms with E-state index in [9.17, 15) is 10.2 Å². The SMILES string of the molecule is CCCCn1nnnc1CN1CC(O)C(O)C1. The lowest BCUT2D eigenvalue weighted by Gasteiger charge is -2.13. The number of aliphatic hydroxyl groups excluding tert-OH is 2. The molecule has 7 nitrogen and oxygen atoms in total. The van der Waals surface area contributed by atoms with Crippen molar-refractivity contribution < 1.29 is 10.2 Å². The molecule has 0 saturated carbocycles. The van der Waals surface area contributed by atoms with Crippen LogP contribution in [0, 0.1) is 0 Å². The van der Waals surface area contributed by atoms with Gasteiger partial charge >= 0.3 is 0 Å². The van der Waals surface area contributed by atoms with Crippen LogP contribution in [-0.4, -0.2) is 60.6 Å². The molecule has 1 aliphatic heterocycles. The number of β-amino-alcohol motifs (C(OH)–C–C–N with tert-alkyl or cyclic N) is 2. The zero-order chi connectivity index (χ0) is 12.3. The Balaban J connectivity index is 1.92. The minimum atomic E-state index is -0.657. The number of hydrogen-bond acceptors (Lipinski definition) is 6. The normalized spacial score (nSPS) is 25.6. The standard InChI is InChI=1S/C10H19N5O2/c1-2-3-4-15-10(11-12-13-15)7-14-5-8(16)9(17)6-14/h8-9,16-17H,2-7H2,1H3. The maximum Gasteiger partial charge on any atom is 0.165 e. The molecule has 1 saturated heterocycles. The fraction of sp³-hybridized carbons (Fsp3) is 0.900. The Bertz CT molecular complexity index is 346. The zero-order valence-corrected chi connectivity index (χ0v) is 10.0. The molecule has 0 radical (unpaired) electrons. The first-order valence-electron chi connectivity index (χ1n) is 6.04. The molecule has 1 aromatic heterocycles. The number of tetrazole rings is 1. The molecule has 96 valence electrons. The molecule has 0 spiro atoms. The van der Waals surface area contributed by atoms with Crippen molar-refractivity contribution in [1.29, 1.82) is 0 Å². The molecule has 7 heteroatoms. The summed E-state index contributed by atoms with van der Waals surface area (Å²) in [6.45, 7) is 4.46. The van der Waals surface area contributed by atoms with Crippen molar-refractivity contribution in [3.05, 3.63) is 5.82 Å². The molecule has 2 atom stereocenters. The molecule has 0 amide bonds. The fourth-order valence-corrected chi connectivity index (χ4v) is 1.99. The lowest BCUT2D eigenvalue weighted by Crippen LogP contribution is -2.24. The third-order valence-corrected chi connectivity index (χ3v) is 3.03. The Morgan fingerprint density at radius 2 is 2.00 bits per heavy atom. The van der Waals surface area contributed by atoms with Crippen molar-refractivity contribution in [2.75, 3.05) is 13.1 Å². The quantitative estimate of drug-likeness (QED) is 0.688. The molecular weight excluding hydrogens is 222 g/mol. The van der Waals surface area contributed by atoms with Gasteiger partial charge in [0.25, 0.3) is 0 Å². The topological polar surface area (TPSA) is 87.3 Å². The van der Waals surface area contributed by atoms with Gasteiger partial charge in [0.2, 0.25) is 0 Å². The highest BCUT2D eigenvalue weighted by Crippen LogP contribution is 2.12. The van der Waals surface area contributed by atoms with Gasteiger partial charge in [0.1, 0.15) is 0 Å². The van der Waals surface area contributed by atoms with Crippen LogP contribution in [0.15, 0.2) is 0 Å². The van der Waals surface area contributed by atoms with Crippen LogP contribution in [0.3, 0.4) is 0 Å². The smallest absolute Gasteiger partial charge is 0.165 e. The third kappa shape index (κ3) is 2.99. The number of rotatable bonds is 5. The highest BCUT2D eigenvalue weighted by atomic mass is 16.3. The highest BCUT2D eigenvalue weighted by molar-refractivity contribution is 4.88. The van der Waals surface area contributed by atoms with Gasteiger partial charge < -0.3 is 10.2 Å². The molecule has 1 aliphatic rings. The molecule has 2 rings (SSSR count). The Hall–Kier alpha value is -1.05. The summed E-state index contributed by atoms with van der Waals surface area (Å²) in [6.07, 6.45) is 0.828. The second-order valence-electron chi connectivity index (χ2n) is 4.50. The number of aromatic nitrogens is 4. The maximum absolute atomic E-state index is 9.46. The number of hydrogen-bond donors (Lipinski definition) is 2. The molecule has 2 heterocycles. The highest BCUT2D eigenvalue weighted by Gasteiger charge is 2.30. The summed E-state index contributed by atoms with van der Waals surface area (Å²) in [5.74, 6) is 0.791. The third-order valence-electron chi connectivity index (χ3n) is 3.03. The summed E-state index contributed by atoms with van der Waals surface area (Å²) < 4.78 is 1.79. The Morgan fingerprint density at radius 1 is 1.29 bits per heavy atom. The molecule has 2 N–H and O–H groups in total. The van der Waals surface area contributed by atoms with Crippen LogP contribution in [0.25, 0.3) is 0 Å². The lowest BCUT2D eigenvalue weighted by atomic mass is 10.3. The fourth-order valence-electron chi connectivity index (χ4n) is 1.99. The van der Waals surface area contributed by atoms with Gasteiger partial charge in [0.05, 0.1) is 18.8 Å². The van der Waals surface area contributed by atoms with Crippen LogP contribution in [0.2, 0.25) is 0 Å². The van der Waals surface area contributed by atoms with E-state index in [0.717, 1.165) is 25.2 Å². The summed E-state index contributed by atoms with van der Waals surface area (Å²) in [5, 5.41) is 30.5. The van der Waals surface area contributed by atoms with Crippen LogP contribution < -0.4 is 0 Å². The molecule has 1 aromatic rings. The molecule has 2 unspecified atom stereocenters. The van der Waals surface area contributed by atoms with Crippen LogP contribution >= 0.6 is 0 Å². The van der Waals surface area contributed by atoms with E-state index in [2.05, 4.69) is 22.4 Å². The predicted molar refractivity (Wildman–Crippen MR) is 60.0 cm³/mol. The van der Waals surface area contributed by atoms with Crippen molar-refractivity contribution in [1.82, 2.24) is 25.1 Å². The van der Waals surface area contributed by atoms with Gasteiger partial charge in [-0.2, -0.15) is 0 Å². The van der Waals surface area contributed by atoms with E-state index in [0.29, 0.717) is 19.6 Å². The van der Waals surface area contributed by atoms with Crippen molar-refractivity contribution in [3.63, 3.8) is 0 Å². The molecule has 0 aromatic carbocycles. The average molecular weight is 241 g/mol. The largest absolute Gasteiger partial charge is 0.389 e. The Morgan fingerprint density at radius 3 is 2.65 bits per heavy atom. The van der Waals surface area contributed by atoms with E-state index in [4.69, 9.17) is 0 Å². The minimum absolute atomic E-state index is 0.474. The Labute approximate surface area is 100 Å². The Kier molecular flexibility index (Phi) is 4.03.